The van der Waals surface area contributed by atoms with Gasteiger partial charge >= 0.3 is 5.97 Å². The highest BCUT2D eigenvalue weighted by molar-refractivity contribution is 7.22. The summed E-state index contributed by atoms with van der Waals surface area (Å²) < 4.78 is 5.95. The zero-order valence-corrected chi connectivity index (χ0v) is 10.4. The summed E-state index contributed by atoms with van der Waals surface area (Å²) in [4.78, 5) is 15.4. The van der Waals surface area contributed by atoms with E-state index in [2.05, 4.69) is 4.98 Å². The van der Waals surface area contributed by atoms with Crippen molar-refractivity contribution >= 4 is 32.7 Å². The minimum atomic E-state index is -0.156. The number of anilines is 1. The molecule has 0 amide bonds. The number of nitrogens with zero attached hydrogens (tertiary/aromatic N) is 1. The first-order valence-corrected chi connectivity index (χ1v) is 6.31. The molecule has 4 nitrogen and oxygen atoms in total. The van der Waals surface area contributed by atoms with Crippen molar-refractivity contribution in [2.45, 2.75) is 19.8 Å². The summed E-state index contributed by atoms with van der Waals surface area (Å²) in [6.07, 6.45) is 1.10. The molecular weight excluding hydrogens is 236 g/mol. The lowest BCUT2D eigenvalue weighted by Gasteiger charge is -2.02. The van der Waals surface area contributed by atoms with Crippen molar-refractivity contribution in [1.29, 1.82) is 0 Å². The molecule has 5 heteroatoms. The molecule has 0 fully saturated rings. The fraction of sp³-hybridized carbons (Fsp3) is 0.333. The highest BCUT2D eigenvalue weighted by Gasteiger charge is 2.05. The second kappa shape index (κ2) is 5.14. The predicted octanol–water partition coefficient (Wildman–Crippen LogP) is 2.37. The molecule has 2 aromatic rings. The normalized spacial score (nSPS) is 10.6. The highest BCUT2D eigenvalue weighted by atomic mass is 32.1. The van der Waals surface area contributed by atoms with Crippen LogP contribution in [-0.2, 0) is 16.0 Å². The molecule has 2 N–H and O–H groups in total. The van der Waals surface area contributed by atoms with Gasteiger partial charge in [-0.2, -0.15) is 0 Å². The Labute approximate surface area is 103 Å². The summed E-state index contributed by atoms with van der Waals surface area (Å²) in [6, 6.07) is 5.94. The Morgan fingerprint density at radius 1 is 1.53 bits per heavy atom. The number of aromatic nitrogens is 1. The second-order valence-electron chi connectivity index (χ2n) is 3.66. The standard InChI is InChI=1S/C12H14N2O2S/c1-2-16-11(15)6-4-8-3-5-9-10(7-8)17-12(13)14-9/h3,5,7H,2,4,6H2,1H3,(H2,13,14). The number of rotatable bonds is 4. The number of fused-ring (bicyclic) bond motifs is 1. The Bertz CT molecular complexity index is 536. The third-order valence-electron chi connectivity index (χ3n) is 2.39. The lowest BCUT2D eigenvalue weighted by molar-refractivity contribution is -0.143. The topological polar surface area (TPSA) is 65.2 Å². The van der Waals surface area contributed by atoms with Gasteiger partial charge < -0.3 is 10.5 Å². The van der Waals surface area contributed by atoms with Gasteiger partial charge in [0.15, 0.2) is 5.13 Å². The van der Waals surface area contributed by atoms with Crippen molar-refractivity contribution in [2.75, 3.05) is 12.3 Å². The van der Waals surface area contributed by atoms with E-state index in [1.54, 1.807) is 0 Å². The molecule has 2 rings (SSSR count). The third-order valence-corrected chi connectivity index (χ3v) is 3.24. The molecule has 1 heterocycles. The number of hydrogen-bond donors (Lipinski definition) is 1. The van der Waals surface area contributed by atoms with Gasteiger partial charge in [-0.15, -0.1) is 0 Å². The highest BCUT2D eigenvalue weighted by Crippen LogP contribution is 2.24. The van der Waals surface area contributed by atoms with E-state index in [1.165, 1.54) is 11.3 Å². The summed E-state index contributed by atoms with van der Waals surface area (Å²) in [7, 11) is 0. The largest absolute Gasteiger partial charge is 0.466 e. The fourth-order valence-electron chi connectivity index (χ4n) is 1.62. The van der Waals surface area contributed by atoms with Gasteiger partial charge in [-0.05, 0) is 31.0 Å². The number of esters is 1. The van der Waals surface area contributed by atoms with Gasteiger partial charge in [0, 0.05) is 6.42 Å². The van der Waals surface area contributed by atoms with Crippen LogP contribution in [0.2, 0.25) is 0 Å². The molecule has 0 aliphatic rings. The number of carbonyl (C=O) groups is 1. The fourth-order valence-corrected chi connectivity index (χ4v) is 2.42. The summed E-state index contributed by atoms with van der Waals surface area (Å²) in [6.45, 7) is 2.24. The first-order valence-electron chi connectivity index (χ1n) is 5.49. The van der Waals surface area contributed by atoms with E-state index in [4.69, 9.17) is 10.5 Å². The molecule has 0 bridgehead atoms. The predicted molar refractivity (Wildman–Crippen MR) is 69.0 cm³/mol. The first-order chi connectivity index (χ1) is 8.19. The van der Waals surface area contributed by atoms with E-state index in [-0.39, 0.29) is 5.97 Å². The van der Waals surface area contributed by atoms with Gasteiger partial charge in [-0.1, -0.05) is 17.4 Å². The van der Waals surface area contributed by atoms with Crippen molar-refractivity contribution in [1.82, 2.24) is 4.98 Å². The number of ether oxygens (including phenoxy) is 1. The van der Waals surface area contributed by atoms with E-state index in [0.29, 0.717) is 24.6 Å². The molecule has 0 aliphatic heterocycles. The number of carbonyl (C=O) groups excluding carboxylic acids is 1. The lowest BCUT2D eigenvalue weighted by atomic mass is 10.1. The molecule has 0 saturated carbocycles. The van der Waals surface area contributed by atoms with Crippen LogP contribution in [0, 0.1) is 0 Å². The molecule has 0 spiro atoms. The van der Waals surface area contributed by atoms with E-state index in [0.717, 1.165) is 15.8 Å². The molecule has 1 aromatic heterocycles. The van der Waals surface area contributed by atoms with Crippen LogP contribution in [0.4, 0.5) is 5.13 Å². The number of benzene rings is 1. The van der Waals surface area contributed by atoms with Gasteiger partial charge in [-0.3, -0.25) is 4.79 Å². The summed E-state index contributed by atoms with van der Waals surface area (Å²) in [5.74, 6) is -0.156. The number of aryl methyl sites for hydroxylation is 1. The summed E-state index contributed by atoms with van der Waals surface area (Å²) in [5, 5.41) is 0.572. The van der Waals surface area contributed by atoms with Gasteiger partial charge in [0.25, 0.3) is 0 Å². The first kappa shape index (κ1) is 11.9. The molecule has 17 heavy (non-hydrogen) atoms. The van der Waals surface area contributed by atoms with Gasteiger partial charge in [-0.25, -0.2) is 4.98 Å². The second-order valence-corrected chi connectivity index (χ2v) is 4.72. The Morgan fingerprint density at radius 3 is 3.12 bits per heavy atom. The minimum absolute atomic E-state index is 0.156. The number of nitrogen functional groups attached to an aromatic ring is 1. The van der Waals surface area contributed by atoms with Crippen LogP contribution in [-0.4, -0.2) is 17.6 Å². The molecule has 0 unspecified atom stereocenters. The summed E-state index contributed by atoms with van der Waals surface area (Å²) >= 11 is 1.46. The molecule has 0 atom stereocenters. The van der Waals surface area contributed by atoms with Crippen LogP contribution in [0.5, 0.6) is 0 Å². The van der Waals surface area contributed by atoms with E-state index in [1.807, 2.05) is 25.1 Å². The van der Waals surface area contributed by atoms with Crippen molar-refractivity contribution in [3.05, 3.63) is 23.8 Å². The maximum Gasteiger partial charge on any atom is 0.306 e. The molecule has 0 saturated heterocycles. The van der Waals surface area contributed by atoms with Gasteiger partial charge in [0.1, 0.15) is 0 Å². The average molecular weight is 250 g/mol. The Balaban J connectivity index is 2.06. The number of nitrogens with two attached hydrogens (primary N) is 1. The van der Waals surface area contributed by atoms with Crippen LogP contribution in [0.3, 0.4) is 0 Å². The van der Waals surface area contributed by atoms with Crippen molar-refractivity contribution < 1.29 is 9.53 Å². The molecular formula is C12H14N2O2S. The third kappa shape index (κ3) is 2.94. The van der Waals surface area contributed by atoms with Crippen LogP contribution in [0.1, 0.15) is 18.9 Å². The van der Waals surface area contributed by atoms with Crippen molar-refractivity contribution in [3.8, 4) is 0 Å². The van der Waals surface area contributed by atoms with Crippen molar-refractivity contribution in [2.24, 2.45) is 0 Å². The average Bonchev–Trinajstić information content (AvgIpc) is 2.66. The van der Waals surface area contributed by atoms with E-state index in [9.17, 15) is 4.79 Å². The van der Waals surface area contributed by atoms with Crippen LogP contribution >= 0.6 is 11.3 Å². The van der Waals surface area contributed by atoms with E-state index < -0.39 is 0 Å². The van der Waals surface area contributed by atoms with Crippen LogP contribution in [0.15, 0.2) is 18.2 Å². The maximum absolute atomic E-state index is 11.2. The Morgan fingerprint density at radius 2 is 2.35 bits per heavy atom. The monoisotopic (exact) mass is 250 g/mol. The SMILES string of the molecule is CCOC(=O)CCc1ccc2nc(N)sc2c1. The maximum atomic E-state index is 11.2. The van der Waals surface area contributed by atoms with Crippen LogP contribution in [0.25, 0.3) is 10.2 Å². The zero-order valence-electron chi connectivity index (χ0n) is 9.60. The Kier molecular flexibility index (Phi) is 3.58. The molecule has 0 radical (unpaired) electrons. The number of thiazole rings is 1. The van der Waals surface area contributed by atoms with Gasteiger partial charge in [0.2, 0.25) is 0 Å². The van der Waals surface area contributed by atoms with Crippen molar-refractivity contribution in [3.63, 3.8) is 0 Å². The zero-order chi connectivity index (χ0) is 12.3. The quantitative estimate of drug-likeness (QED) is 0.846. The molecule has 90 valence electrons. The summed E-state index contributed by atoms with van der Waals surface area (Å²) in [5.41, 5.74) is 7.65. The van der Waals surface area contributed by atoms with Crippen LogP contribution < -0.4 is 5.73 Å². The smallest absolute Gasteiger partial charge is 0.306 e. The minimum Gasteiger partial charge on any atom is -0.466 e. The molecule has 1 aromatic carbocycles. The molecule has 0 aliphatic carbocycles. The van der Waals surface area contributed by atoms with E-state index >= 15 is 0 Å². The Hall–Kier alpha value is -1.62. The van der Waals surface area contributed by atoms with Gasteiger partial charge in [0.05, 0.1) is 16.8 Å². The number of hydrogen-bond acceptors (Lipinski definition) is 5. The lowest BCUT2D eigenvalue weighted by Crippen LogP contribution is -2.04.